The molecule has 0 radical (unpaired) electrons. The molecular weight excluding hydrogens is 777 g/mol. The Morgan fingerprint density at radius 1 is 0.559 bits per heavy atom. The summed E-state index contributed by atoms with van der Waals surface area (Å²) < 4.78 is 0. The van der Waals surface area contributed by atoms with Gasteiger partial charge in [-0.3, -0.25) is 9.59 Å². The zero-order chi connectivity index (χ0) is 40.7. The molecule has 0 saturated heterocycles. The van der Waals surface area contributed by atoms with Gasteiger partial charge in [0.1, 0.15) is 0 Å². The van der Waals surface area contributed by atoms with Crippen LogP contribution >= 0.6 is 35.3 Å². The van der Waals surface area contributed by atoms with E-state index in [1.54, 1.807) is 35.3 Å². The van der Waals surface area contributed by atoms with E-state index < -0.39 is 0 Å². The first-order chi connectivity index (χ1) is 28.9. The standard InChI is InChI=1S/C54H56O2S3/c1-4-6-7-8-11-38-18-30-44(31-19-38)58-49-35-34-48(51-52(49)54(56)50-46(53(51)55)12-9-13-47(50)57-43-28-14-36(3)15-29-43)59-45-32-26-42(27-33-45)41-24-22-40(23-25-41)39-20-16-37(10-5-2)17-21-39/h9,12-14,18-19,22-28,30-35,37,39H,4-8,10-11,15-17,20-21,29H2,1-3H3. The summed E-state index contributed by atoms with van der Waals surface area (Å²) in [5, 5.41) is 0. The molecule has 0 spiro atoms. The maximum absolute atomic E-state index is 15.0. The van der Waals surface area contributed by atoms with Crippen molar-refractivity contribution in [3.05, 3.63) is 159 Å². The van der Waals surface area contributed by atoms with E-state index in [1.165, 1.54) is 96.9 Å². The van der Waals surface area contributed by atoms with Gasteiger partial charge in [-0.05, 0) is 140 Å². The summed E-state index contributed by atoms with van der Waals surface area (Å²) in [5.74, 6) is 1.46. The van der Waals surface area contributed by atoms with Crippen LogP contribution < -0.4 is 0 Å². The molecule has 0 N–H and O–H groups in total. The number of allylic oxidation sites excluding steroid dienone is 4. The summed E-state index contributed by atoms with van der Waals surface area (Å²) in [7, 11) is 0. The first-order valence-electron chi connectivity index (χ1n) is 22.0. The predicted molar refractivity (Wildman–Crippen MR) is 251 cm³/mol. The largest absolute Gasteiger partial charge is 0.289 e. The van der Waals surface area contributed by atoms with Crippen molar-refractivity contribution in [3.8, 4) is 11.1 Å². The number of rotatable bonds is 15. The van der Waals surface area contributed by atoms with Gasteiger partial charge in [-0.25, -0.2) is 0 Å². The number of ketones is 2. The molecule has 0 amide bonds. The molecule has 8 rings (SSSR count). The minimum absolute atomic E-state index is 0.0638. The summed E-state index contributed by atoms with van der Waals surface area (Å²) in [6, 6.07) is 36.5. The second-order valence-electron chi connectivity index (χ2n) is 16.7. The van der Waals surface area contributed by atoms with Gasteiger partial charge in [-0.15, -0.1) is 0 Å². The monoisotopic (exact) mass is 832 g/mol. The van der Waals surface area contributed by atoms with E-state index in [1.807, 2.05) is 24.3 Å². The molecule has 59 heavy (non-hydrogen) atoms. The molecule has 0 heterocycles. The average molecular weight is 833 g/mol. The van der Waals surface area contributed by atoms with Gasteiger partial charge in [0.2, 0.25) is 0 Å². The molecule has 3 aliphatic carbocycles. The fourth-order valence-electron chi connectivity index (χ4n) is 9.02. The Bertz CT molecular complexity index is 2340. The van der Waals surface area contributed by atoms with Crippen molar-refractivity contribution in [2.45, 2.75) is 135 Å². The summed E-state index contributed by atoms with van der Waals surface area (Å²) in [4.78, 5) is 35.5. The fourth-order valence-corrected chi connectivity index (χ4v) is 12.0. The third-order valence-electron chi connectivity index (χ3n) is 12.5. The van der Waals surface area contributed by atoms with Gasteiger partial charge >= 0.3 is 0 Å². The number of unbranched alkanes of at least 4 members (excludes halogenated alkanes) is 3. The zero-order valence-corrected chi connectivity index (χ0v) is 37.3. The minimum atomic E-state index is -0.0756. The van der Waals surface area contributed by atoms with Crippen LogP contribution in [-0.4, -0.2) is 11.6 Å². The summed E-state index contributed by atoms with van der Waals surface area (Å²) in [5.41, 5.74) is 8.65. The third-order valence-corrected chi connectivity index (χ3v) is 15.8. The molecule has 1 fully saturated rings. The molecule has 0 atom stereocenters. The topological polar surface area (TPSA) is 34.1 Å². The Morgan fingerprint density at radius 2 is 1.19 bits per heavy atom. The van der Waals surface area contributed by atoms with Crippen LogP contribution in [-0.2, 0) is 6.42 Å². The second kappa shape index (κ2) is 19.6. The van der Waals surface area contributed by atoms with Crippen LogP contribution in [0.4, 0.5) is 0 Å². The molecule has 2 nitrogen and oxygen atoms in total. The molecule has 0 unspecified atom stereocenters. The van der Waals surface area contributed by atoms with Crippen LogP contribution in [0.1, 0.15) is 147 Å². The molecule has 5 aromatic carbocycles. The Hall–Kier alpha value is -4.03. The zero-order valence-electron chi connectivity index (χ0n) is 34.9. The SMILES string of the molecule is CCCCCCc1ccc(Sc2ccc(Sc3ccc(-c4ccc(C5CCC(CCC)CC5)cc4)cc3)c3c2C(=O)c2c(SC4=CC=C(C)CC4)cccc2C3=O)cc1. The molecule has 0 aromatic heterocycles. The summed E-state index contributed by atoms with van der Waals surface area (Å²) in [6.07, 6.45) is 20.3. The highest BCUT2D eigenvalue weighted by Gasteiger charge is 2.36. The number of hydrogen-bond donors (Lipinski definition) is 0. The maximum Gasteiger partial charge on any atom is 0.196 e. The Labute approximate surface area is 365 Å². The van der Waals surface area contributed by atoms with Crippen LogP contribution in [0.5, 0.6) is 0 Å². The van der Waals surface area contributed by atoms with Crippen molar-refractivity contribution in [2.24, 2.45) is 5.92 Å². The van der Waals surface area contributed by atoms with E-state index in [-0.39, 0.29) is 11.6 Å². The van der Waals surface area contributed by atoms with Crippen LogP contribution in [0.15, 0.2) is 150 Å². The summed E-state index contributed by atoms with van der Waals surface area (Å²) in [6.45, 7) is 6.71. The normalized spacial score (nSPS) is 17.6. The molecule has 5 aromatic rings. The molecular formula is C54H56O2S3. The predicted octanol–water partition coefficient (Wildman–Crippen LogP) is 16.3. The van der Waals surface area contributed by atoms with Gasteiger partial charge in [-0.2, -0.15) is 0 Å². The van der Waals surface area contributed by atoms with E-state index in [0.29, 0.717) is 28.2 Å². The van der Waals surface area contributed by atoms with Crippen molar-refractivity contribution >= 4 is 46.9 Å². The minimum Gasteiger partial charge on any atom is -0.289 e. The van der Waals surface area contributed by atoms with E-state index in [2.05, 4.69) is 112 Å². The van der Waals surface area contributed by atoms with Crippen LogP contribution in [0.25, 0.3) is 11.1 Å². The van der Waals surface area contributed by atoms with Crippen LogP contribution in [0.3, 0.4) is 0 Å². The van der Waals surface area contributed by atoms with Gasteiger partial charge in [0, 0.05) is 46.7 Å². The number of benzene rings is 5. The highest BCUT2D eigenvalue weighted by atomic mass is 32.2. The molecule has 302 valence electrons. The molecule has 1 saturated carbocycles. The van der Waals surface area contributed by atoms with E-state index in [9.17, 15) is 9.59 Å². The van der Waals surface area contributed by atoms with E-state index >= 15 is 0 Å². The number of hydrogen-bond acceptors (Lipinski definition) is 5. The first-order valence-corrected chi connectivity index (χ1v) is 24.4. The second-order valence-corrected chi connectivity index (χ2v) is 20.1. The highest BCUT2D eigenvalue weighted by molar-refractivity contribution is 8.03. The lowest BCUT2D eigenvalue weighted by molar-refractivity contribution is 0.0972. The van der Waals surface area contributed by atoms with Crippen molar-refractivity contribution in [1.82, 2.24) is 0 Å². The van der Waals surface area contributed by atoms with E-state index in [4.69, 9.17) is 0 Å². The van der Waals surface area contributed by atoms with Crippen molar-refractivity contribution in [1.29, 1.82) is 0 Å². The molecule has 0 bridgehead atoms. The summed E-state index contributed by atoms with van der Waals surface area (Å²) >= 11 is 4.78. The molecule has 0 aliphatic heterocycles. The third kappa shape index (κ3) is 9.80. The number of carbonyl (C=O) groups excluding carboxylic acids is 2. The van der Waals surface area contributed by atoms with Gasteiger partial charge in [0.05, 0.1) is 0 Å². The number of fused-ring (bicyclic) bond motifs is 2. The molecule has 5 heteroatoms. The van der Waals surface area contributed by atoms with Gasteiger partial charge in [-0.1, -0.05) is 160 Å². The molecule has 3 aliphatic rings. The lowest BCUT2D eigenvalue weighted by atomic mass is 9.77. The van der Waals surface area contributed by atoms with E-state index in [0.717, 1.165) is 49.7 Å². The number of aryl methyl sites for hydroxylation is 1. The lowest BCUT2D eigenvalue weighted by Gasteiger charge is -2.28. The fraction of sp³-hybridized carbons (Fsp3) is 0.333. The number of carbonyl (C=O) groups is 2. The van der Waals surface area contributed by atoms with Crippen LogP contribution in [0.2, 0.25) is 0 Å². The van der Waals surface area contributed by atoms with Crippen LogP contribution in [0, 0.1) is 5.92 Å². The van der Waals surface area contributed by atoms with Crippen molar-refractivity contribution in [2.75, 3.05) is 0 Å². The number of thioether (sulfide) groups is 1. The van der Waals surface area contributed by atoms with Gasteiger partial charge in [0.25, 0.3) is 0 Å². The maximum atomic E-state index is 15.0. The Balaban J connectivity index is 1.06. The van der Waals surface area contributed by atoms with Gasteiger partial charge in [0.15, 0.2) is 11.6 Å². The van der Waals surface area contributed by atoms with Crippen molar-refractivity contribution in [3.63, 3.8) is 0 Å². The Kier molecular flexibility index (Phi) is 13.8. The highest BCUT2D eigenvalue weighted by Crippen LogP contribution is 2.46. The van der Waals surface area contributed by atoms with Crippen molar-refractivity contribution < 1.29 is 9.59 Å². The first kappa shape index (κ1) is 41.7. The lowest BCUT2D eigenvalue weighted by Crippen LogP contribution is -2.23. The quantitative estimate of drug-likeness (QED) is 0.0963. The smallest absolute Gasteiger partial charge is 0.196 e. The van der Waals surface area contributed by atoms with Gasteiger partial charge < -0.3 is 0 Å². The Morgan fingerprint density at radius 3 is 1.81 bits per heavy atom. The average Bonchev–Trinajstić information content (AvgIpc) is 3.27.